The first-order valence-electron chi connectivity index (χ1n) is 12.5. The van der Waals surface area contributed by atoms with E-state index in [2.05, 4.69) is 18.2 Å². The van der Waals surface area contributed by atoms with Crippen LogP contribution in [-0.4, -0.2) is 17.9 Å². The van der Waals surface area contributed by atoms with E-state index in [1.165, 1.54) is 6.07 Å². The van der Waals surface area contributed by atoms with Gasteiger partial charge in [-0.1, -0.05) is 58.4 Å². The summed E-state index contributed by atoms with van der Waals surface area (Å²) in [6, 6.07) is 12.3. The van der Waals surface area contributed by atoms with E-state index in [0.29, 0.717) is 24.2 Å². The van der Waals surface area contributed by atoms with Crippen molar-refractivity contribution in [3.05, 3.63) is 66.2 Å². The number of furan rings is 1. The summed E-state index contributed by atoms with van der Waals surface area (Å²) in [6.07, 6.45) is 0.462. The van der Waals surface area contributed by atoms with Gasteiger partial charge in [0, 0.05) is 11.5 Å². The molecule has 3 rings (SSSR count). The second-order valence-electron chi connectivity index (χ2n) is 10.6. The van der Waals surface area contributed by atoms with Gasteiger partial charge in [0.25, 0.3) is 0 Å². The molecule has 0 bridgehead atoms. The lowest BCUT2D eigenvalue weighted by molar-refractivity contribution is -0.274. The van der Waals surface area contributed by atoms with Gasteiger partial charge in [-0.3, -0.25) is 0 Å². The minimum atomic E-state index is -4.82. The molecule has 0 aliphatic rings. The lowest BCUT2D eigenvalue weighted by atomic mass is 9.76. The van der Waals surface area contributed by atoms with Crippen molar-refractivity contribution in [3.63, 3.8) is 0 Å². The van der Waals surface area contributed by atoms with Gasteiger partial charge in [-0.05, 0) is 73.9 Å². The number of alkyl halides is 3. The predicted octanol–water partition coefficient (Wildman–Crippen LogP) is 8.91. The molecule has 0 fully saturated rings. The Morgan fingerprint density at radius 1 is 1.03 bits per heavy atom. The first kappa shape index (κ1) is 28.4. The van der Waals surface area contributed by atoms with Gasteiger partial charge in [-0.15, -0.1) is 13.2 Å². The Kier molecular flexibility index (Phi) is 8.45. The Hall–Kier alpha value is -3.22. The van der Waals surface area contributed by atoms with Crippen molar-refractivity contribution in [2.24, 2.45) is 0 Å². The van der Waals surface area contributed by atoms with Crippen molar-refractivity contribution in [3.8, 4) is 17.1 Å². The first-order valence-corrected chi connectivity index (χ1v) is 12.5. The Morgan fingerprint density at radius 2 is 1.76 bits per heavy atom. The highest BCUT2D eigenvalue weighted by Gasteiger charge is 2.34. The SMILES string of the molecule is C=CC(=O)OC(C)(C)CC(C)(C)c1ccc2cc(-c3ccc(CCCCC)cc3OC(F)(F)F)oc2c1. The number of aryl methyl sites for hydroxylation is 1. The van der Waals surface area contributed by atoms with Crippen LogP contribution in [0.1, 0.15) is 71.4 Å². The molecule has 0 unspecified atom stereocenters. The largest absolute Gasteiger partial charge is 0.573 e. The summed E-state index contributed by atoms with van der Waals surface area (Å²) in [4.78, 5) is 11.7. The predicted molar refractivity (Wildman–Crippen MR) is 140 cm³/mol. The summed E-state index contributed by atoms with van der Waals surface area (Å²) in [5.74, 6) is -0.461. The summed E-state index contributed by atoms with van der Waals surface area (Å²) in [5, 5.41) is 0.761. The number of hydrogen-bond acceptors (Lipinski definition) is 4. The molecule has 3 aromatic rings. The molecule has 0 saturated carbocycles. The minimum absolute atomic E-state index is 0.242. The maximum absolute atomic E-state index is 13.2. The normalized spacial score (nSPS) is 12.5. The molecule has 7 heteroatoms. The number of fused-ring (bicyclic) bond motifs is 1. The number of hydrogen-bond donors (Lipinski definition) is 0. The van der Waals surface area contributed by atoms with Crippen LogP contribution >= 0.6 is 0 Å². The van der Waals surface area contributed by atoms with Crippen LogP contribution in [0.4, 0.5) is 13.2 Å². The Bertz CT molecular complexity index is 1250. The summed E-state index contributed by atoms with van der Waals surface area (Å²) < 4.78 is 55.6. The molecule has 1 aromatic heterocycles. The zero-order valence-electron chi connectivity index (χ0n) is 22.1. The molecular weight excluding hydrogens is 481 g/mol. The third kappa shape index (κ3) is 7.63. The fourth-order valence-electron chi connectivity index (χ4n) is 4.82. The number of carbonyl (C=O) groups excluding carboxylic acids is 1. The molecule has 0 N–H and O–H groups in total. The van der Waals surface area contributed by atoms with E-state index in [4.69, 9.17) is 9.15 Å². The van der Waals surface area contributed by atoms with Crippen molar-refractivity contribution < 1.29 is 31.9 Å². The Morgan fingerprint density at radius 3 is 2.41 bits per heavy atom. The van der Waals surface area contributed by atoms with Crippen molar-refractivity contribution in [1.29, 1.82) is 0 Å². The van der Waals surface area contributed by atoms with Gasteiger partial charge in [0.2, 0.25) is 0 Å². The second-order valence-corrected chi connectivity index (χ2v) is 10.6. The average Bonchev–Trinajstić information content (AvgIpc) is 3.20. The summed E-state index contributed by atoms with van der Waals surface area (Å²) >= 11 is 0. The van der Waals surface area contributed by atoms with Crippen molar-refractivity contribution in [2.45, 2.75) is 84.1 Å². The van der Waals surface area contributed by atoms with Crippen LogP contribution in [0, 0.1) is 0 Å². The first-order chi connectivity index (χ1) is 17.2. The monoisotopic (exact) mass is 516 g/mol. The van der Waals surface area contributed by atoms with Gasteiger partial charge in [0.15, 0.2) is 0 Å². The molecule has 0 saturated heterocycles. The number of benzene rings is 2. The molecular formula is C30H35F3O4. The highest BCUT2D eigenvalue weighted by molar-refractivity contribution is 5.85. The topological polar surface area (TPSA) is 48.7 Å². The molecule has 0 radical (unpaired) electrons. The molecule has 200 valence electrons. The number of unbranched alkanes of at least 4 members (excludes halogenated alkanes) is 2. The van der Waals surface area contributed by atoms with Gasteiger partial charge in [0.05, 0.1) is 5.56 Å². The van der Waals surface area contributed by atoms with Crippen LogP contribution in [0.15, 0.2) is 59.5 Å². The smallest absolute Gasteiger partial charge is 0.456 e. The van der Waals surface area contributed by atoms with E-state index in [1.54, 1.807) is 12.1 Å². The Labute approximate surface area is 216 Å². The molecule has 0 amide bonds. The molecule has 0 aliphatic carbocycles. The number of halogens is 3. The van der Waals surface area contributed by atoms with Gasteiger partial charge in [-0.25, -0.2) is 4.79 Å². The molecule has 0 aliphatic heterocycles. The van der Waals surface area contributed by atoms with Crippen LogP contribution in [0.5, 0.6) is 5.75 Å². The van der Waals surface area contributed by atoms with Crippen molar-refractivity contribution >= 4 is 16.9 Å². The van der Waals surface area contributed by atoms with Crippen LogP contribution in [0.25, 0.3) is 22.3 Å². The van der Waals surface area contributed by atoms with E-state index in [0.717, 1.165) is 41.9 Å². The zero-order valence-corrected chi connectivity index (χ0v) is 22.1. The number of carbonyl (C=O) groups is 1. The lowest BCUT2D eigenvalue weighted by Crippen LogP contribution is -2.35. The molecule has 4 nitrogen and oxygen atoms in total. The van der Waals surface area contributed by atoms with Crippen molar-refractivity contribution in [1.82, 2.24) is 0 Å². The summed E-state index contributed by atoms with van der Waals surface area (Å²) in [5.41, 5.74) is 1.40. The maximum atomic E-state index is 13.2. The fraction of sp³-hybridized carbons (Fsp3) is 0.433. The molecule has 1 heterocycles. The van der Waals surface area contributed by atoms with Crippen LogP contribution in [-0.2, 0) is 21.4 Å². The number of ether oxygens (including phenoxy) is 2. The maximum Gasteiger partial charge on any atom is 0.573 e. The summed E-state index contributed by atoms with van der Waals surface area (Å²) in [7, 11) is 0. The second kappa shape index (κ2) is 11.0. The molecule has 2 aromatic carbocycles. The van der Waals surface area contributed by atoms with E-state index in [1.807, 2.05) is 52.0 Å². The van der Waals surface area contributed by atoms with Gasteiger partial charge >= 0.3 is 12.3 Å². The van der Waals surface area contributed by atoms with Crippen molar-refractivity contribution in [2.75, 3.05) is 0 Å². The van der Waals surface area contributed by atoms with Gasteiger partial charge in [0.1, 0.15) is 22.7 Å². The number of esters is 1. The van der Waals surface area contributed by atoms with Crippen LogP contribution in [0.3, 0.4) is 0 Å². The standard InChI is InChI=1S/C30H35F3O4/c1-7-9-10-11-20-12-15-23(26(16-20)36-30(31,32)33)25-17-21-13-14-22(18-24(21)35-25)28(3,4)19-29(5,6)37-27(34)8-2/h8,12-18H,2,7,9-11,19H2,1,3-6H3. The molecule has 0 atom stereocenters. The van der Waals surface area contributed by atoms with Gasteiger partial charge in [-0.2, -0.15) is 0 Å². The summed E-state index contributed by atoms with van der Waals surface area (Å²) in [6.45, 7) is 13.3. The Balaban J connectivity index is 1.94. The zero-order chi connectivity index (χ0) is 27.4. The average molecular weight is 517 g/mol. The highest BCUT2D eigenvalue weighted by Crippen LogP contribution is 2.40. The minimum Gasteiger partial charge on any atom is -0.456 e. The third-order valence-corrected chi connectivity index (χ3v) is 6.32. The van der Waals surface area contributed by atoms with E-state index in [9.17, 15) is 18.0 Å². The van der Waals surface area contributed by atoms with Crippen LogP contribution < -0.4 is 4.74 Å². The lowest BCUT2D eigenvalue weighted by Gasteiger charge is -2.34. The quantitative estimate of drug-likeness (QED) is 0.145. The third-order valence-electron chi connectivity index (χ3n) is 6.32. The fourth-order valence-corrected chi connectivity index (χ4v) is 4.82. The van der Waals surface area contributed by atoms with E-state index in [-0.39, 0.29) is 11.3 Å². The van der Waals surface area contributed by atoms with Gasteiger partial charge < -0.3 is 13.9 Å². The highest BCUT2D eigenvalue weighted by atomic mass is 19.4. The molecule has 0 spiro atoms. The molecule has 37 heavy (non-hydrogen) atoms. The number of rotatable bonds is 11. The van der Waals surface area contributed by atoms with E-state index >= 15 is 0 Å². The van der Waals surface area contributed by atoms with E-state index < -0.39 is 23.3 Å². The van der Waals surface area contributed by atoms with Crippen LogP contribution in [0.2, 0.25) is 0 Å².